The van der Waals surface area contributed by atoms with Crippen LogP contribution in [-0.4, -0.2) is 13.4 Å². The summed E-state index contributed by atoms with van der Waals surface area (Å²) in [6, 6.07) is 1.96. The van der Waals surface area contributed by atoms with Crippen LogP contribution < -0.4 is 5.73 Å². The van der Waals surface area contributed by atoms with Crippen molar-refractivity contribution in [3.05, 3.63) is 17.3 Å². The van der Waals surface area contributed by atoms with Crippen LogP contribution in [-0.2, 0) is 9.05 Å². The molecule has 0 atom stereocenters. The standard InChI is InChI=1S/C7H4ClF2N3O2S/c8-16(14,15)5-1-3(7(9)10)6(12)4(2-11)13-5/h1,7H,12H2. The quantitative estimate of drug-likeness (QED) is 0.817. The summed E-state index contributed by atoms with van der Waals surface area (Å²) < 4.78 is 46.7. The number of hydrogen-bond donors (Lipinski definition) is 1. The number of nitrogen functional groups attached to an aromatic ring is 1. The molecular weight excluding hydrogens is 264 g/mol. The zero-order valence-electron chi connectivity index (χ0n) is 7.49. The lowest BCUT2D eigenvalue weighted by Gasteiger charge is -2.06. The van der Waals surface area contributed by atoms with Crippen molar-refractivity contribution in [3.8, 4) is 6.07 Å². The van der Waals surface area contributed by atoms with Gasteiger partial charge in [0.05, 0.1) is 5.69 Å². The molecule has 0 saturated carbocycles. The number of nitrogens with zero attached hydrogens (tertiary/aromatic N) is 2. The summed E-state index contributed by atoms with van der Waals surface area (Å²) in [4.78, 5) is 3.27. The Morgan fingerprint density at radius 3 is 2.50 bits per heavy atom. The van der Waals surface area contributed by atoms with E-state index in [1.54, 1.807) is 0 Å². The fourth-order valence-corrected chi connectivity index (χ4v) is 1.65. The van der Waals surface area contributed by atoms with Gasteiger partial charge < -0.3 is 5.73 Å². The Balaban J connectivity index is 3.61. The number of anilines is 1. The first-order chi connectivity index (χ1) is 7.27. The fraction of sp³-hybridized carbons (Fsp3) is 0.143. The molecule has 0 fully saturated rings. The second-order valence-electron chi connectivity index (χ2n) is 2.66. The molecule has 0 radical (unpaired) electrons. The van der Waals surface area contributed by atoms with Crippen molar-refractivity contribution in [2.24, 2.45) is 0 Å². The van der Waals surface area contributed by atoms with Gasteiger partial charge in [-0.3, -0.25) is 0 Å². The summed E-state index contributed by atoms with van der Waals surface area (Å²) >= 11 is 0. The van der Waals surface area contributed by atoms with Crippen molar-refractivity contribution >= 4 is 25.4 Å². The molecule has 0 bridgehead atoms. The maximum atomic E-state index is 12.5. The van der Waals surface area contributed by atoms with Crippen LogP contribution >= 0.6 is 10.7 Å². The minimum absolute atomic E-state index is 0.545. The molecule has 0 spiro atoms. The summed E-state index contributed by atoms with van der Waals surface area (Å²) in [6.07, 6.45) is -3.02. The Morgan fingerprint density at radius 2 is 2.12 bits per heavy atom. The molecule has 0 aliphatic rings. The Morgan fingerprint density at radius 1 is 1.56 bits per heavy atom. The number of aromatic nitrogens is 1. The third-order valence-electron chi connectivity index (χ3n) is 1.66. The average Bonchev–Trinajstić information content (AvgIpc) is 2.15. The minimum atomic E-state index is -4.29. The van der Waals surface area contributed by atoms with Crippen molar-refractivity contribution in [3.63, 3.8) is 0 Å². The molecule has 86 valence electrons. The van der Waals surface area contributed by atoms with Crippen LogP contribution in [0.5, 0.6) is 0 Å². The van der Waals surface area contributed by atoms with Gasteiger partial charge >= 0.3 is 0 Å². The van der Waals surface area contributed by atoms with E-state index < -0.39 is 37.4 Å². The van der Waals surface area contributed by atoms with Gasteiger partial charge in [0.25, 0.3) is 15.5 Å². The van der Waals surface area contributed by atoms with Crippen LogP contribution in [0.15, 0.2) is 11.1 Å². The predicted octanol–water partition coefficient (Wildman–Crippen LogP) is 1.40. The van der Waals surface area contributed by atoms with Crippen LogP contribution in [0.3, 0.4) is 0 Å². The normalized spacial score (nSPS) is 11.4. The lowest BCUT2D eigenvalue weighted by atomic mass is 10.2. The third kappa shape index (κ3) is 2.37. The SMILES string of the molecule is N#Cc1nc(S(=O)(=O)Cl)cc(C(F)F)c1N. The van der Waals surface area contributed by atoms with Crippen LogP contribution in [0.25, 0.3) is 0 Å². The van der Waals surface area contributed by atoms with Crippen LogP contribution in [0.1, 0.15) is 17.7 Å². The third-order valence-corrected chi connectivity index (χ3v) is 2.84. The largest absolute Gasteiger partial charge is 0.396 e. The van der Waals surface area contributed by atoms with E-state index in [9.17, 15) is 17.2 Å². The summed E-state index contributed by atoms with van der Waals surface area (Å²) in [6.45, 7) is 0. The first-order valence-corrected chi connectivity index (χ1v) is 6.01. The highest BCUT2D eigenvalue weighted by Crippen LogP contribution is 2.29. The molecule has 0 saturated heterocycles. The Labute approximate surface area is 93.9 Å². The second kappa shape index (κ2) is 4.19. The van der Waals surface area contributed by atoms with Gasteiger partial charge in [-0.25, -0.2) is 22.2 Å². The molecule has 16 heavy (non-hydrogen) atoms. The van der Waals surface area contributed by atoms with Gasteiger partial charge in [0, 0.05) is 16.2 Å². The molecule has 0 unspecified atom stereocenters. The van der Waals surface area contributed by atoms with Gasteiger partial charge in [0.1, 0.15) is 6.07 Å². The number of nitriles is 1. The molecule has 0 aromatic carbocycles. The summed E-state index contributed by atoms with van der Waals surface area (Å²) in [7, 11) is 0.644. The van der Waals surface area contributed by atoms with Gasteiger partial charge in [0.15, 0.2) is 10.7 Å². The number of hydrogen-bond acceptors (Lipinski definition) is 5. The zero-order chi connectivity index (χ0) is 12.5. The van der Waals surface area contributed by atoms with E-state index in [0.717, 1.165) is 0 Å². The van der Waals surface area contributed by atoms with E-state index in [-0.39, 0.29) is 0 Å². The van der Waals surface area contributed by atoms with Crippen molar-refractivity contribution in [2.45, 2.75) is 11.5 Å². The average molecular weight is 268 g/mol. The van der Waals surface area contributed by atoms with Crippen molar-refractivity contribution in [1.82, 2.24) is 4.98 Å². The molecule has 0 amide bonds. The molecule has 1 heterocycles. The predicted molar refractivity (Wildman–Crippen MR) is 51.4 cm³/mol. The summed E-state index contributed by atoms with van der Waals surface area (Å²) in [5, 5.41) is 7.72. The highest BCUT2D eigenvalue weighted by molar-refractivity contribution is 8.13. The van der Waals surface area contributed by atoms with Crippen molar-refractivity contribution in [2.75, 3.05) is 5.73 Å². The Kier molecular flexibility index (Phi) is 3.30. The zero-order valence-corrected chi connectivity index (χ0v) is 9.06. The van der Waals surface area contributed by atoms with Crippen LogP contribution in [0.2, 0.25) is 0 Å². The van der Waals surface area contributed by atoms with E-state index in [1.807, 2.05) is 0 Å². The molecule has 0 aliphatic heterocycles. The minimum Gasteiger partial charge on any atom is -0.396 e. The van der Waals surface area contributed by atoms with E-state index in [2.05, 4.69) is 4.98 Å². The lowest BCUT2D eigenvalue weighted by molar-refractivity contribution is 0.152. The number of alkyl halides is 2. The molecule has 0 aliphatic carbocycles. The number of nitrogens with two attached hydrogens (primary N) is 1. The Hall–Kier alpha value is -1.46. The molecular formula is C7H4ClF2N3O2S. The second-order valence-corrected chi connectivity index (χ2v) is 5.18. The number of rotatable bonds is 2. The van der Waals surface area contributed by atoms with E-state index in [4.69, 9.17) is 21.7 Å². The first-order valence-electron chi connectivity index (χ1n) is 3.70. The molecule has 1 rings (SSSR count). The van der Waals surface area contributed by atoms with Crippen LogP contribution in [0, 0.1) is 11.3 Å². The van der Waals surface area contributed by atoms with Gasteiger partial charge in [-0.2, -0.15) is 5.26 Å². The molecule has 9 heteroatoms. The van der Waals surface area contributed by atoms with Crippen molar-refractivity contribution < 1.29 is 17.2 Å². The highest BCUT2D eigenvalue weighted by Gasteiger charge is 2.22. The summed E-state index contributed by atoms with van der Waals surface area (Å²) in [5.41, 5.74) is 3.26. The fourth-order valence-electron chi connectivity index (χ4n) is 0.941. The molecule has 5 nitrogen and oxygen atoms in total. The summed E-state index contributed by atoms with van der Waals surface area (Å²) in [5.74, 6) is 0. The molecule has 1 aromatic heterocycles. The molecule has 1 aromatic rings. The maximum Gasteiger partial charge on any atom is 0.278 e. The van der Waals surface area contributed by atoms with E-state index in [1.165, 1.54) is 6.07 Å². The lowest BCUT2D eigenvalue weighted by Crippen LogP contribution is -2.05. The molecule has 2 N–H and O–H groups in total. The van der Waals surface area contributed by atoms with Gasteiger partial charge in [-0.1, -0.05) is 0 Å². The smallest absolute Gasteiger partial charge is 0.278 e. The number of halogens is 3. The van der Waals surface area contributed by atoms with Gasteiger partial charge in [-0.15, -0.1) is 0 Å². The number of pyridine rings is 1. The van der Waals surface area contributed by atoms with Crippen molar-refractivity contribution in [1.29, 1.82) is 5.26 Å². The maximum absolute atomic E-state index is 12.5. The Bertz CT molecular complexity index is 568. The van der Waals surface area contributed by atoms with Gasteiger partial charge in [0.2, 0.25) is 0 Å². The van der Waals surface area contributed by atoms with Gasteiger partial charge in [-0.05, 0) is 6.07 Å². The highest BCUT2D eigenvalue weighted by atomic mass is 35.7. The first kappa shape index (κ1) is 12.6. The van der Waals surface area contributed by atoms with Crippen LogP contribution in [0.4, 0.5) is 14.5 Å². The van der Waals surface area contributed by atoms with E-state index in [0.29, 0.717) is 6.07 Å². The topological polar surface area (TPSA) is 96.8 Å². The monoisotopic (exact) mass is 267 g/mol. The van der Waals surface area contributed by atoms with E-state index >= 15 is 0 Å².